The van der Waals surface area contributed by atoms with Crippen LogP contribution >= 0.6 is 11.3 Å². The number of sulfonamides is 1. The Bertz CT molecular complexity index is 1750. The number of esters is 1. The molecule has 1 aliphatic carbocycles. The van der Waals surface area contributed by atoms with E-state index in [-0.39, 0.29) is 16.2 Å². The Morgan fingerprint density at radius 2 is 1.80 bits per heavy atom. The van der Waals surface area contributed by atoms with Crippen LogP contribution in [0.15, 0.2) is 70.9 Å². The second-order valence-corrected chi connectivity index (χ2v) is 13.7. The van der Waals surface area contributed by atoms with Gasteiger partial charge in [0.2, 0.25) is 10.0 Å². The van der Waals surface area contributed by atoms with Crippen LogP contribution in [0.1, 0.15) is 53.7 Å². The minimum Gasteiger partial charge on any atom is -0.452 e. The summed E-state index contributed by atoms with van der Waals surface area (Å²) in [6.07, 6.45) is 3.65. The zero-order valence-corrected chi connectivity index (χ0v) is 24.6. The second-order valence-electron chi connectivity index (χ2n) is 11.2. The van der Waals surface area contributed by atoms with Crippen molar-refractivity contribution in [1.82, 2.24) is 4.98 Å². The van der Waals surface area contributed by atoms with E-state index in [1.54, 1.807) is 11.3 Å². The van der Waals surface area contributed by atoms with Gasteiger partial charge < -0.3 is 10.1 Å². The number of nitrogens with one attached hydrogen (secondary N) is 1. The smallest absolute Gasteiger partial charge is 0.339 e. The molecule has 0 bridgehead atoms. The summed E-state index contributed by atoms with van der Waals surface area (Å²) in [4.78, 5) is 32.4. The van der Waals surface area contributed by atoms with E-state index in [4.69, 9.17) is 14.9 Å². The summed E-state index contributed by atoms with van der Waals surface area (Å²) >= 11 is 1.65. The third-order valence-corrected chi connectivity index (χ3v) is 9.05. The van der Waals surface area contributed by atoms with E-state index in [0.29, 0.717) is 28.6 Å². The molecule has 1 aliphatic rings. The van der Waals surface area contributed by atoms with E-state index in [1.807, 2.05) is 35.7 Å². The van der Waals surface area contributed by atoms with Gasteiger partial charge >= 0.3 is 5.97 Å². The minimum absolute atomic E-state index is 0.0162. The second kappa shape index (κ2) is 11.2. The quantitative estimate of drug-likeness (QED) is 0.270. The third kappa shape index (κ3) is 6.40. The summed E-state index contributed by atoms with van der Waals surface area (Å²) in [6, 6.07) is 17.0. The number of carbonyl (C=O) groups excluding carboxylic acids is 2. The molecular formula is C31H31N3O5S2. The number of carbonyl (C=O) groups is 2. The molecule has 1 unspecified atom stereocenters. The average molecular weight is 590 g/mol. The lowest BCUT2D eigenvalue weighted by atomic mass is 9.69. The predicted molar refractivity (Wildman–Crippen MR) is 162 cm³/mol. The molecule has 41 heavy (non-hydrogen) atoms. The van der Waals surface area contributed by atoms with Crippen molar-refractivity contribution in [2.24, 2.45) is 16.5 Å². The normalized spacial score (nSPS) is 16.4. The molecule has 10 heteroatoms. The van der Waals surface area contributed by atoms with Crippen LogP contribution in [-0.2, 0) is 26.0 Å². The number of thiophene rings is 1. The van der Waals surface area contributed by atoms with Crippen molar-refractivity contribution in [3.8, 4) is 0 Å². The maximum atomic E-state index is 13.7. The van der Waals surface area contributed by atoms with Crippen LogP contribution in [0, 0.1) is 11.3 Å². The van der Waals surface area contributed by atoms with Gasteiger partial charge in [0, 0.05) is 16.0 Å². The standard InChI is InChI=1S/C31H31N3O5S2/c1-31(2,3)20-15-19(16-22-7-6-14-40-22)29-25(17-20)28(24-8-4-5-9-26(24)34-29)30(36)39-18-27(35)33-21-10-12-23(13-11-21)41(32,37)38/h4-14,16,20H,15,17-18H2,1-3H3,(H,33,35)(H2,32,37,38)/b19-16-. The van der Waals surface area contributed by atoms with E-state index in [0.717, 1.165) is 28.1 Å². The summed E-state index contributed by atoms with van der Waals surface area (Å²) in [5.41, 5.74) is 4.16. The van der Waals surface area contributed by atoms with Gasteiger partial charge in [-0.15, -0.1) is 11.3 Å². The maximum absolute atomic E-state index is 13.7. The first-order valence-corrected chi connectivity index (χ1v) is 15.6. The Balaban J connectivity index is 1.47. The van der Waals surface area contributed by atoms with Gasteiger partial charge in [-0.05, 0) is 83.2 Å². The largest absolute Gasteiger partial charge is 0.452 e. The third-order valence-electron chi connectivity index (χ3n) is 7.30. The van der Waals surface area contributed by atoms with Gasteiger partial charge in [0.15, 0.2) is 6.61 Å². The lowest BCUT2D eigenvalue weighted by Crippen LogP contribution is -2.29. The number of fused-ring (bicyclic) bond motifs is 2. The molecule has 3 N–H and O–H groups in total. The van der Waals surface area contributed by atoms with Crippen molar-refractivity contribution in [3.05, 3.63) is 87.7 Å². The number of anilines is 1. The Morgan fingerprint density at radius 3 is 2.46 bits per heavy atom. The number of primary sulfonamides is 1. The molecule has 8 nitrogen and oxygen atoms in total. The van der Waals surface area contributed by atoms with Gasteiger partial charge in [0.05, 0.1) is 21.7 Å². The molecule has 5 rings (SSSR count). The van der Waals surface area contributed by atoms with Gasteiger partial charge in [-0.25, -0.2) is 23.3 Å². The number of ether oxygens (including phenoxy) is 1. The van der Waals surface area contributed by atoms with Crippen molar-refractivity contribution in [3.63, 3.8) is 0 Å². The summed E-state index contributed by atoms with van der Waals surface area (Å²) in [5, 5.41) is 10.5. The number of rotatable bonds is 6. The molecule has 2 aromatic heterocycles. The summed E-state index contributed by atoms with van der Waals surface area (Å²) in [5.74, 6) is -0.885. The van der Waals surface area contributed by atoms with Crippen molar-refractivity contribution in [2.45, 2.75) is 38.5 Å². The fourth-order valence-corrected chi connectivity index (χ4v) is 6.24. The zero-order chi connectivity index (χ0) is 29.4. The first kappa shape index (κ1) is 28.7. The highest BCUT2D eigenvalue weighted by atomic mass is 32.2. The van der Waals surface area contributed by atoms with Crippen LogP contribution in [0.4, 0.5) is 5.69 Å². The van der Waals surface area contributed by atoms with Crippen LogP contribution in [0.25, 0.3) is 22.6 Å². The lowest BCUT2D eigenvalue weighted by Gasteiger charge is -2.36. The number of hydrogen-bond donors (Lipinski definition) is 2. The lowest BCUT2D eigenvalue weighted by molar-refractivity contribution is -0.119. The first-order chi connectivity index (χ1) is 19.4. The zero-order valence-electron chi connectivity index (χ0n) is 23.0. The molecule has 0 saturated heterocycles. The Morgan fingerprint density at radius 1 is 1.07 bits per heavy atom. The molecule has 0 fully saturated rings. The number of allylic oxidation sites excluding steroid dienone is 1. The van der Waals surface area contributed by atoms with Crippen molar-refractivity contribution in [1.29, 1.82) is 0 Å². The highest BCUT2D eigenvalue weighted by molar-refractivity contribution is 7.89. The van der Waals surface area contributed by atoms with E-state index < -0.39 is 28.5 Å². The van der Waals surface area contributed by atoms with Crippen LogP contribution in [0.2, 0.25) is 0 Å². The molecule has 2 aromatic carbocycles. The molecule has 1 atom stereocenters. The molecule has 212 valence electrons. The molecule has 0 aliphatic heterocycles. The van der Waals surface area contributed by atoms with Crippen LogP contribution in [0.5, 0.6) is 0 Å². The highest BCUT2D eigenvalue weighted by Crippen LogP contribution is 2.45. The number of aromatic nitrogens is 1. The SMILES string of the molecule is CC(C)(C)C1C/C(=C/c2cccs2)c2nc3ccccc3c(C(=O)OCC(=O)Nc3ccc(S(N)(=O)=O)cc3)c2C1. The molecular weight excluding hydrogens is 558 g/mol. The summed E-state index contributed by atoms with van der Waals surface area (Å²) in [6.45, 7) is 6.11. The molecule has 0 radical (unpaired) electrons. The average Bonchev–Trinajstić information content (AvgIpc) is 3.43. The van der Waals surface area contributed by atoms with Gasteiger partial charge in [-0.1, -0.05) is 45.0 Å². The highest BCUT2D eigenvalue weighted by Gasteiger charge is 2.35. The van der Waals surface area contributed by atoms with E-state index >= 15 is 0 Å². The fraction of sp³-hybridized carbons (Fsp3) is 0.258. The molecule has 4 aromatic rings. The molecule has 0 saturated carbocycles. The Hall–Kier alpha value is -3.86. The van der Waals surface area contributed by atoms with Crippen molar-refractivity contribution in [2.75, 3.05) is 11.9 Å². The van der Waals surface area contributed by atoms with Crippen molar-refractivity contribution < 1.29 is 22.7 Å². The topological polar surface area (TPSA) is 128 Å². The van der Waals surface area contributed by atoms with Gasteiger partial charge in [-0.2, -0.15) is 0 Å². The number of pyridine rings is 1. The van der Waals surface area contributed by atoms with Crippen molar-refractivity contribution >= 4 is 61.5 Å². The van der Waals surface area contributed by atoms with Crippen LogP contribution < -0.4 is 10.5 Å². The van der Waals surface area contributed by atoms with Gasteiger partial charge in [0.25, 0.3) is 5.91 Å². The monoisotopic (exact) mass is 589 g/mol. The number of amides is 1. The number of nitrogens with zero attached hydrogens (tertiary/aromatic N) is 1. The maximum Gasteiger partial charge on any atom is 0.339 e. The summed E-state index contributed by atoms with van der Waals surface area (Å²) in [7, 11) is -3.85. The number of para-hydroxylation sites is 1. The summed E-state index contributed by atoms with van der Waals surface area (Å²) < 4.78 is 28.5. The van der Waals surface area contributed by atoms with E-state index in [1.165, 1.54) is 24.3 Å². The van der Waals surface area contributed by atoms with Crippen LogP contribution in [-0.4, -0.2) is 31.9 Å². The number of hydrogen-bond acceptors (Lipinski definition) is 7. The minimum atomic E-state index is -3.85. The number of nitrogens with two attached hydrogens (primary N) is 1. The predicted octanol–water partition coefficient (Wildman–Crippen LogP) is 5.89. The molecule has 0 spiro atoms. The molecule has 1 amide bonds. The van der Waals surface area contributed by atoms with Gasteiger partial charge in [-0.3, -0.25) is 4.79 Å². The first-order valence-electron chi connectivity index (χ1n) is 13.2. The number of benzene rings is 2. The van der Waals surface area contributed by atoms with Gasteiger partial charge in [0.1, 0.15) is 0 Å². The molecule has 2 heterocycles. The van der Waals surface area contributed by atoms with Crippen LogP contribution in [0.3, 0.4) is 0 Å². The van der Waals surface area contributed by atoms with E-state index in [2.05, 4.69) is 38.2 Å². The van der Waals surface area contributed by atoms with E-state index in [9.17, 15) is 18.0 Å². The Kier molecular flexibility index (Phi) is 7.83. The Labute approximate surface area is 243 Å². The fourth-order valence-electron chi connectivity index (χ4n) is 5.04.